The van der Waals surface area contributed by atoms with Gasteiger partial charge in [0.15, 0.2) is 0 Å². The number of hydrogen-bond acceptors (Lipinski definition) is 4. The standard InChI is InChI=1S/C27H33N5O3/c1-31(27(35)20-6-3-2-4-7-20)21-13-14-23-22(17-21)30-24(32(23)15-5-8-25(33)34)16-18-9-11-19(12-10-18)26(28)29/h9-14,17,20H,2-8,15-16H2,1H3,(H3,28,29)(H,33,34). The zero-order valence-corrected chi connectivity index (χ0v) is 20.2. The zero-order chi connectivity index (χ0) is 24.9. The number of aryl methyl sites for hydroxylation is 1. The minimum absolute atomic E-state index is 0.0249. The van der Waals surface area contributed by atoms with Gasteiger partial charge in [0.2, 0.25) is 5.91 Å². The lowest BCUT2D eigenvalue weighted by molar-refractivity contribution is -0.137. The number of aliphatic carboxylic acids is 1. The van der Waals surface area contributed by atoms with E-state index in [1.807, 2.05) is 49.5 Å². The number of rotatable bonds is 9. The number of carbonyl (C=O) groups excluding carboxylic acids is 1. The van der Waals surface area contributed by atoms with Crippen LogP contribution < -0.4 is 10.6 Å². The summed E-state index contributed by atoms with van der Waals surface area (Å²) in [7, 11) is 1.83. The summed E-state index contributed by atoms with van der Waals surface area (Å²) < 4.78 is 2.07. The number of nitrogens with zero attached hydrogens (tertiary/aromatic N) is 3. The van der Waals surface area contributed by atoms with Crippen molar-refractivity contribution in [1.29, 1.82) is 5.41 Å². The maximum Gasteiger partial charge on any atom is 0.303 e. The highest BCUT2D eigenvalue weighted by Gasteiger charge is 2.25. The number of carbonyl (C=O) groups is 2. The highest BCUT2D eigenvalue weighted by Crippen LogP contribution is 2.29. The number of carboxylic acid groups (broad SMARTS) is 1. The van der Waals surface area contributed by atoms with Crippen LogP contribution in [0.15, 0.2) is 42.5 Å². The minimum Gasteiger partial charge on any atom is -0.481 e. The van der Waals surface area contributed by atoms with Crippen molar-refractivity contribution in [2.45, 2.75) is 57.9 Å². The van der Waals surface area contributed by atoms with E-state index in [-0.39, 0.29) is 24.1 Å². The first-order valence-electron chi connectivity index (χ1n) is 12.3. The largest absolute Gasteiger partial charge is 0.481 e. The van der Waals surface area contributed by atoms with E-state index in [0.29, 0.717) is 24.9 Å². The van der Waals surface area contributed by atoms with Crippen LogP contribution in [0.4, 0.5) is 5.69 Å². The summed E-state index contributed by atoms with van der Waals surface area (Å²) in [6.07, 6.45) is 6.49. The lowest BCUT2D eigenvalue weighted by atomic mass is 9.88. The third-order valence-corrected chi connectivity index (χ3v) is 6.88. The number of fused-ring (bicyclic) bond motifs is 1. The van der Waals surface area contributed by atoms with E-state index in [1.54, 1.807) is 4.90 Å². The SMILES string of the molecule is CN(C(=O)C1CCCCC1)c1ccc2c(c1)nc(Cc1ccc(C(=N)N)cc1)n2CCCC(=O)O. The number of nitrogens with one attached hydrogen (secondary N) is 1. The average molecular weight is 476 g/mol. The first kappa shape index (κ1) is 24.4. The van der Waals surface area contributed by atoms with Crippen molar-refractivity contribution in [3.05, 3.63) is 59.4 Å². The topological polar surface area (TPSA) is 125 Å². The summed E-state index contributed by atoms with van der Waals surface area (Å²) in [5.41, 5.74) is 9.79. The second kappa shape index (κ2) is 10.7. The van der Waals surface area contributed by atoms with Gasteiger partial charge in [-0.2, -0.15) is 0 Å². The van der Waals surface area contributed by atoms with Crippen LogP contribution in [-0.2, 0) is 22.6 Å². The molecule has 4 N–H and O–H groups in total. The Morgan fingerprint density at radius 2 is 1.86 bits per heavy atom. The number of amidine groups is 1. The molecule has 1 aliphatic rings. The smallest absolute Gasteiger partial charge is 0.303 e. The molecule has 0 spiro atoms. The Kier molecular flexibility index (Phi) is 7.48. The van der Waals surface area contributed by atoms with E-state index in [0.717, 1.165) is 53.8 Å². The highest BCUT2D eigenvalue weighted by atomic mass is 16.4. The zero-order valence-electron chi connectivity index (χ0n) is 20.2. The van der Waals surface area contributed by atoms with Crippen molar-refractivity contribution in [3.8, 4) is 0 Å². The fourth-order valence-electron chi connectivity index (χ4n) is 4.88. The van der Waals surface area contributed by atoms with Gasteiger partial charge >= 0.3 is 5.97 Å². The summed E-state index contributed by atoms with van der Waals surface area (Å²) in [4.78, 5) is 30.8. The number of benzene rings is 2. The van der Waals surface area contributed by atoms with Crippen molar-refractivity contribution in [2.75, 3.05) is 11.9 Å². The first-order valence-corrected chi connectivity index (χ1v) is 12.3. The van der Waals surface area contributed by atoms with Crippen LogP contribution in [-0.4, -0.2) is 39.4 Å². The molecule has 2 aromatic carbocycles. The van der Waals surface area contributed by atoms with Crippen LogP contribution in [0.2, 0.25) is 0 Å². The van der Waals surface area contributed by atoms with E-state index in [1.165, 1.54) is 6.42 Å². The van der Waals surface area contributed by atoms with Crippen LogP contribution in [0.1, 0.15) is 61.9 Å². The number of aromatic nitrogens is 2. The quantitative estimate of drug-likeness (QED) is 0.314. The maximum absolute atomic E-state index is 13.0. The van der Waals surface area contributed by atoms with Gasteiger partial charge in [-0.15, -0.1) is 0 Å². The molecule has 4 rings (SSSR count). The van der Waals surface area contributed by atoms with Crippen molar-refractivity contribution in [3.63, 3.8) is 0 Å². The van der Waals surface area contributed by atoms with Crippen LogP contribution in [0.25, 0.3) is 11.0 Å². The summed E-state index contributed by atoms with van der Waals surface area (Å²) >= 11 is 0. The average Bonchev–Trinajstić information content (AvgIpc) is 3.19. The number of anilines is 1. The molecule has 0 unspecified atom stereocenters. The monoisotopic (exact) mass is 475 g/mol. The van der Waals surface area contributed by atoms with Crippen LogP contribution in [0.5, 0.6) is 0 Å². The Morgan fingerprint density at radius 1 is 1.14 bits per heavy atom. The predicted octanol–water partition coefficient (Wildman–Crippen LogP) is 4.32. The van der Waals surface area contributed by atoms with Gasteiger partial charge in [-0.1, -0.05) is 43.5 Å². The molecule has 8 heteroatoms. The van der Waals surface area contributed by atoms with Gasteiger partial charge in [-0.05, 0) is 43.0 Å². The first-order chi connectivity index (χ1) is 16.8. The number of amides is 1. The second-order valence-corrected chi connectivity index (χ2v) is 9.37. The Morgan fingerprint density at radius 3 is 2.51 bits per heavy atom. The van der Waals surface area contributed by atoms with Gasteiger partial charge in [0.05, 0.1) is 11.0 Å². The van der Waals surface area contributed by atoms with Crippen molar-refractivity contribution in [1.82, 2.24) is 9.55 Å². The Labute approximate surface area is 205 Å². The Balaban J connectivity index is 1.62. The molecule has 0 atom stereocenters. The van der Waals surface area contributed by atoms with E-state index in [2.05, 4.69) is 4.57 Å². The van der Waals surface area contributed by atoms with E-state index in [4.69, 9.17) is 21.2 Å². The fraction of sp³-hybridized carbons (Fsp3) is 0.407. The lowest BCUT2D eigenvalue weighted by Gasteiger charge is -2.26. The fourth-order valence-corrected chi connectivity index (χ4v) is 4.88. The summed E-state index contributed by atoms with van der Waals surface area (Å²) in [6.45, 7) is 0.542. The molecule has 184 valence electrons. The molecule has 1 amide bonds. The lowest BCUT2D eigenvalue weighted by Crippen LogP contribution is -2.33. The van der Waals surface area contributed by atoms with Gasteiger partial charge in [0.1, 0.15) is 11.7 Å². The van der Waals surface area contributed by atoms with Crippen molar-refractivity contribution >= 4 is 34.4 Å². The van der Waals surface area contributed by atoms with E-state index >= 15 is 0 Å². The van der Waals surface area contributed by atoms with Crippen LogP contribution in [0, 0.1) is 11.3 Å². The van der Waals surface area contributed by atoms with Gasteiger partial charge in [0, 0.05) is 43.6 Å². The maximum atomic E-state index is 13.0. The van der Waals surface area contributed by atoms with E-state index in [9.17, 15) is 9.59 Å². The minimum atomic E-state index is -0.819. The molecule has 0 saturated heterocycles. The molecule has 8 nitrogen and oxygen atoms in total. The number of nitrogen functional groups attached to an aromatic ring is 1. The number of carboxylic acids is 1. The van der Waals surface area contributed by atoms with Gasteiger partial charge < -0.3 is 20.3 Å². The molecular formula is C27H33N5O3. The summed E-state index contributed by atoms with van der Waals surface area (Å²) in [6, 6.07) is 13.4. The third-order valence-electron chi connectivity index (χ3n) is 6.88. The van der Waals surface area contributed by atoms with E-state index < -0.39 is 5.97 Å². The van der Waals surface area contributed by atoms with Gasteiger partial charge in [-0.25, -0.2) is 4.98 Å². The predicted molar refractivity (Wildman–Crippen MR) is 137 cm³/mol. The van der Waals surface area contributed by atoms with Gasteiger partial charge in [0.25, 0.3) is 0 Å². The van der Waals surface area contributed by atoms with Crippen molar-refractivity contribution < 1.29 is 14.7 Å². The molecule has 3 aromatic rings. The molecule has 1 saturated carbocycles. The summed E-state index contributed by atoms with van der Waals surface area (Å²) in [5.74, 6) is 0.291. The molecule has 0 radical (unpaired) electrons. The molecule has 1 aromatic heterocycles. The van der Waals surface area contributed by atoms with Crippen molar-refractivity contribution in [2.24, 2.45) is 11.7 Å². The molecule has 1 aliphatic carbocycles. The second-order valence-electron chi connectivity index (χ2n) is 9.37. The van der Waals surface area contributed by atoms with Crippen LogP contribution >= 0.6 is 0 Å². The molecule has 1 fully saturated rings. The molecule has 1 heterocycles. The number of imidazole rings is 1. The normalized spacial score (nSPS) is 14.2. The van der Waals surface area contributed by atoms with Crippen LogP contribution in [0.3, 0.4) is 0 Å². The Hall–Kier alpha value is -3.68. The number of nitrogens with two attached hydrogens (primary N) is 1. The summed E-state index contributed by atoms with van der Waals surface area (Å²) in [5, 5.41) is 16.7. The molecule has 35 heavy (non-hydrogen) atoms. The Bertz CT molecular complexity index is 1230. The highest BCUT2D eigenvalue weighted by molar-refractivity contribution is 5.96. The molecule has 0 aliphatic heterocycles. The van der Waals surface area contributed by atoms with Gasteiger partial charge in [-0.3, -0.25) is 15.0 Å². The molecule has 0 bridgehead atoms. The molecular weight excluding hydrogens is 442 g/mol. The number of hydrogen-bond donors (Lipinski definition) is 3. The third kappa shape index (κ3) is 5.70.